The first kappa shape index (κ1) is 8.44. The quantitative estimate of drug-likeness (QED) is 0.728. The van der Waals surface area contributed by atoms with Crippen LogP contribution in [0.1, 0.15) is 12.2 Å². The maximum Gasteiger partial charge on any atom is 0.110 e. The van der Waals surface area contributed by atoms with E-state index in [1.807, 2.05) is 6.20 Å². The summed E-state index contributed by atoms with van der Waals surface area (Å²) in [5.41, 5.74) is 0. The van der Waals surface area contributed by atoms with Gasteiger partial charge in [-0.15, -0.1) is 0 Å². The first-order valence-electron chi connectivity index (χ1n) is 5.25. The predicted octanol–water partition coefficient (Wildman–Crippen LogP) is 0.186. The fourth-order valence-electron chi connectivity index (χ4n) is 2.16. The van der Waals surface area contributed by atoms with Crippen LogP contribution in [0.3, 0.4) is 0 Å². The van der Waals surface area contributed by atoms with E-state index in [0.29, 0.717) is 12.1 Å². The van der Waals surface area contributed by atoms with E-state index >= 15 is 0 Å². The van der Waals surface area contributed by atoms with Gasteiger partial charge in [0.05, 0.1) is 19.3 Å². The van der Waals surface area contributed by atoms with E-state index in [9.17, 15) is 0 Å². The SMILES string of the molecule is c1cn2c(n1)CC(NC1COC1)CC2. The molecule has 3 rings (SSSR count). The van der Waals surface area contributed by atoms with Crippen molar-refractivity contribution in [1.29, 1.82) is 0 Å². The van der Waals surface area contributed by atoms with E-state index in [1.165, 1.54) is 12.2 Å². The average molecular weight is 193 g/mol. The minimum absolute atomic E-state index is 0.585. The molecule has 1 saturated heterocycles. The standard InChI is InChI=1S/C10H15N3O/c1-3-13-4-2-11-10(13)5-8(1)12-9-6-14-7-9/h2,4,8-9,12H,1,3,5-7H2. The third-order valence-corrected chi connectivity index (χ3v) is 3.06. The Bertz CT molecular complexity index is 319. The Morgan fingerprint density at radius 2 is 2.36 bits per heavy atom. The summed E-state index contributed by atoms with van der Waals surface area (Å²) in [5.74, 6) is 1.22. The number of rotatable bonds is 2. The molecule has 0 bridgehead atoms. The highest BCUT2D eigenvalue weighted by Gasteiger charge is 2.25. The van der Waals surface area contributed by atoms with Gasteiger partial charge in [0.25, 0.3) is 0 Å². The lowest BCUT2D eigenvalue weighted by Crippen LogP contribution is -2.52. The van der Waals surface area contributed by atoms with Crippen LogP contribution in [-0.4, -0.2) is 34.8 Å². The minimum Gasteiger partial charge on any atom is -0.378 e. The molecule has 0 radical (unpaired) electrons. The zero-order valence-corrected chi connectivity index (χ0v) is 8.15. The van der Waals surface area contributed by atoms with Crippen molar-refractivity contribution in [3.63, 3.8) is 0 Å². The number of nitrogens with one attached hydrogen (secondary N) is 1. The van der Waals surface area contributed by atoms with Crippen LogP contribution < -0.4 is 5.32 Å². The van der Waals surface area contributed by atoms with E-state index in [-0.39, 0.29) is 0 Å². The second kappa shape index (κ2) is 3.37. The van der Waals surface area contributed by atoms with Gasteiger partial charge in [-0.1, -0.05) is 0 Å². The lowest BCUT2D eigenvalue weighted by Gasteiger charge is -2.33. The van der Waals surface area contributed by atoms with E-state index in [1.54, 1.807) is 0 Å². The molecule has 1 aromatic heterocycles. The number of aryl methyl sites for hydroxylation is 1. The second-order valence-corrected chi connectivity index (χ2v) is 4.13. The third-order valence-electron chi connectivity index (χ3n) is 3.06. The molecule has 1 N–H and O–H groups in total. The molecule has 2 aliphatic rings. The lowest BCUT2D eigenvalue weighted by molar-refractivity contribution is -0.0112. The Morgan fingerprint density at radius 3 is 3.14 bits per heavy atom. The van der Waals surface area contributed by atoms with Gasteiger partial charge in [0.2, 0.25) is 0 Å². The molecule has 0 spiro atoms. The molecule has 2 aliphatic heterocycles. The van der Waals surface area contributed by atoms with Crippen molar-refractivity contribution >= 4 is 0 Å². The highest BCUT2D eigenvalue weighted by atomic mass is 16.5. The van der Waals surface area contributed by atoms with Gasteiger partial charge in [-0.2, -0.15) is 0 Å². The highest BCUT2D eigenvalue weighted by Crippen LogP contribution is 2.14. The number of nitrogens with zero attached hydrogens (tertiary/aromatic N) is 2. The molecule has 0 amide bonds. The Morgan fingerprint density at radius 1 is 1.43 bits per heavy atom. The monoisotopic (exact) mass is 193 g/mol. The molecule has 76 valence electrons. The molecule has 1 atom stereocenters. The van der Waals surface area contributed by atoms with Crippen molar-refractivity contribution in [2.24, 2.45) is 0 Å². The minimum atomic E-state index is 0.585. The maximum atomic E-state index is 5.15. The summed E-state index contributed by atoms with van der Waals surface area (Å²) < 4.78 is 7.39. The van der Waals surface area contributed by atoms with Crippen LogP contribution in [-0.2, 0) is 17.7 Å². The summed E-state index contributed by atoms with van der Waals surface area (Å²) >= 11 is 0. The van der Waals surface area contributed by atoms with Crippen molar-refractivity contribution in [3.8, 4) is 0 Å². The molecule has 0 aromatic carbocycles. The highest BCUT2D eigenvalue weighted by molar-refractivity contribution is 5.00. The molecule has 4 nitrogen and oxygen atoms in total. The smallest absolute Gasteiger partial charge is 0.110 e. The van der Waals surface area contributed by atoms with Crippen LogP contribution in [0.15, 0.2) is 12.4 Å². The zero-order chi connectivity index (χ0) is 9.38. The molecule has 4 heteroatoms. The van der Waals surface area contributed by atoms with Crippen molar-refractivity contribution in [1.82, 2.24) is 14.9 Å². The van der Waals surface area contributed by atoms with Gasteiger partial charge in [-0.25, -0.2) is 4.98 Å². The van der Waals surface area contributed by atoms with Gasteiger partial charge in [-0.05, 0) is 6.42 Å². The Kier molecular flexibility index (Phi) is 2.03. The number of imidazole rings is 1. The number of hydrogen-bond acceptors (Lipinski definition) is 3. The van der Waals surface area contributed by atoms with Crippen molar-refractivity contribution < 1.29 is 4.74 Å². The van der Waals surface area contributed by atoms with Gasteiger partial charge in [-0.3, -0.25) is 0 Å². The van der Waals surface area contributed by atoms with Gasteiger partial charge >= 0.3 is 0 Å². The second-order valence-electron chi connectivity index (χ2n) is 4.13. The summed E-state index contributed by atoms with van der Waals surface area (Å²) in [5, 5.41) is 3.61. The number of ether oxygens (including phenoxy) is 1. The van der Waals surface area contributed by atoms with E-state index in [4.69, 9.17) is 4.74 Å². The van der Waals surface area contributed by atoms with Crippen LogP contribution in [0.4, 0.5) is 0 Å². The zero-order valence-electron chi connectivity index (χ0n) is 8.15. The van der Waals surface area contributed by atoms with Gasteiger partial charge < -0.3 is 14.6 Å². The largest absolute Gasteiger partial charge is 0.378 e. The fraction of sp³-hybridized carbons (Fsp3) is 0.700. The summed E-state index contributed by atoms with van der Waals surface area (Å²) in [6, 6.07) is 1.18. The number of aromatic nitrogens is 2. The predicted molar refractivity (Wildman–Crippen MR) is 52.1 cm³/mol. The molecule has 1 fully saturated rings. The molecule has 0 aliphatic carbocycles. The molecule has 14 heavy (non-hydrogen) atoms. The van der Waals surface area contributed by atoms with Crippen LogP contribution in [0.25, 0.3) is 0 Å². The molecule has 3 heterocycles. The Hall–Kier alpha value is -0.870. The summed E-state index contributed by atoms with van der Waals surface area (Å²) in [4.78, 5) is 4.35. The number of fused-ring (bicyclic) bond motifs is 1. The topological polar surface area (TPSA) is 39.1 Å². The Balaban J connectivity index is 1.63. The summed E-state index contributed by atoms with van der Waals surface area (Å²) in [6.07, 6.45) is 6.23. The van der Waals surface area contributed by atoms with Crippen molar-refractivity contribution in [2.75, 3.05) is 13.2 Å². The van der Waals surface area contributed by atoms with Gasteiger partial charge in [0.1, 0.15) is 5.82 Å². The van der Waals surface area contributed by atoms with Crippen molar-refractivity contribution in [3.05, 3.63) is 18.2 Å². The van der Waals surface area contributed by atoms with E-state index < -0.39 is 0 Å². The average Bonchev–Trinajstić information content (AvgIpc) is 2.58. The van der Waals surface area contributed by atoms with Crippen LogP contribution in [0, 0.1) is 0 Å². The van der Waals surface area contributed by atoms with Crippen LogP contribution in [0.2, 0.25) is 0 Å². The molecule has 1 aromatic rings. The first-order chi connectivity index (χ1) is 6.92. The number of hydrogen-bond donors (Lipinski definition) is 1. The van der Waals surface area contributed by atoms with Crippen molar-refractivity contribution in [2.45, 2.75) is 31.5 Å². The normalized spacial score (nSPS) is 27.0. The molecule has 0 saturated carbocycles. The summed E-state index contributed by atoms with van der Waals surface area (Å²) in [7, 11) is 0. The molecular formula is C10H15N3O. The van der Waals surface area contributed by atoms with Gasteiger partial charge in [0.15, 0.2) is 0 Å². The lowest BCUT2D eigenvalue weighted by atomic mass is 10.0. The van der Waals surface area contributed by atoms with E-state index in [0.717, 1.165) is 26.2 Å². The first-order valence-corrected chi connectivity index (χ1v) is 5.25. The molecular weight excluding hydrogens is 178 g/mol. The maximum absolute atomic E-state index is 5.15. The van der Waals surface area contributed by atoms with E-state index in [2.05, 4.69) is 21.1 Å². The third kappa shape index (κ3) is 1.44. The Labute approximate surface area is 83.3 Å². The van der Waals surface area contributed by atoms with Crippen LogP contribution in [0.5, 0.6) is 0 Å². The van der Waals surface area contributed by atoms with Crippen LogP contribution >= 0.6 is 0 Å². The fourth-order valence-corrected chi connectivity index (χ4v) is 2.16. The molecule has 1 unspecified atom stereocenters. The summed E-state index contributed by atoms with van der Waals surface area (Å²) in [6.45, 7) is 2.86. The van der Waals surface area contributed by atoms with Gasteiger partial charge in [0, 0.05) is 31.4 Å².